The fourth-order valence-corrected chi connectivity index (χ4v) is 6.29. The van der Waals surface area contributed by atoms with Crippen LogP contribution in [-0.4, -0.2) is 139 Å². The van der Waals surface area contributed by atoms with Gasteiger partial charge in [-0.1, -0.05) is 6.07 Å². The molecular weight excluding hydrogens is 760 g/mol. The second kappa shape index (κ2) is 16.9. The predicted molar refractivity (Wildman–Crippen MR) is 192 cm³/mol. The number of carbonyl (C=O) groups is 1. The van der Waals surface area contributed by atoms with Crippen molar-refractivity contribution in [3.05, 3.63) is 76.0 Å². The van der Waals surface area contributed by atoms with Crippen molar-refractivity contribution in [2.24, 2.45) is 0 Å². The van der Waals surface area contributed by atoms with E-state index in [0.29, 0.717) is 11.1 Å². The lowest BCUT2D eigenvalue weighted by Crippen LogP contribution is -2.65. The molecule has 306 valence electrons. The topological polar surface area (TPSA) is 305 Å². The zero-order valence-electron chi connectivity index (χ0n) is 30.1. The molecule has 0 saturated carbocycles. The van der Waals surface area contributed by atoms with E-state index in [1.54, 1.807) is 6.92 Å². The van der Waals surface area contributed by atoms with E-state index in [2.05, 4.69) is 0 Å². The van der Waals surface area contributed by atoms with Crippen molar-refractivity contribution in [2.75, 3.05) is 20.3 Å². The fraction of sp³-hybridized carbons (Fsp3) is 0.368. The number of hydrogen-bond acceptors (Lipinski definition) is 19. The molecule has 0 bridgehead atoms. The van der Waals surface area contributed by atoms with Crippen molar-refractivity contribution in [3.63, 3.8) is 0 Å². The SMILES string of the molecule is COc1cc(/C=C\C(=O)OCC2OC(OC3C(Oc4c(-c5ccc(O)c(O)c5)oc5cc(C)cc(O)c5c4=O)OC(CO)C(O)C3O)C(O)C(O)C2O)ccc1O. The summed E-state index contributed by atoms with van der Waals surface area (Å²) >= 11 is 0. The average Bonchev–Trinajstić information content (AvgIpc) is 3.18. The van der Waals surface area contributed by atoms with Crippen LogP contribution in [-0.2, 0) is 23.7 Å². The lowest BCUT2D eigenvalue weighted by Gasteiger charge is -2.45. The number of esters is 1. The van der Waals surface area contributed by atoms with Crippen LogP contribution >= 0.6 is 0 Å². The van der Waals surface area contributed by atoms with Gasteiger partial charge in [-0.25, -0.2) is 4.79 Å². The van der Waals surface area contributed by atoms with E-state index < -0.39 is 109 Å². The normalized spacial score (nSPS) is 27.7. The van der Waals surface area contributed by atoms with Gasteiger partial charge in [0.25, 0.3) is 0 Å². The van der Waals surface area contributed by atoms with Crippen LogP contribution in [0.25, 0.3) is 28.4 Å². The Bertz CT molecular complexity index is 2180. The van der Waals surface area contributed by atoms with Crippen LogP contribution in [0.4, 0.5) is 0 Å². The Morgan fingerprint density at radius 1 is 0.789 bits per heavy atom. The number of phenols is 4. The molecule has 1 aromatic heterocycles. The summed E-state index contributed by atoms with van der Waals surface area (Å²) in [4.78, 5) is 26.6. The Labute approximate surface area is 321 Å². The van der Waals surface area contributed by atoms with Gasteiger partial charge in [-0.3, -0.25) is 4.79 Å². The third-order valence-corrected chi connectivity index (χ3v) is 9.34. The fourth-order valence-electron chi connectivity index (χ4n) is 6.29. The minimum Gasteiger partial charge on any atom is -0.507 e. The summed E-state index contributed by atoms with van der Waals surface area (Å²) in [5.41, 5.74) is -0.164. The van der Waals surface area contributed by atoms with Crippen molar-refractivity contribution >= 4 is 23.0 Å². The van der Waals surface area contributed by atoms with Gasteiger partial charge in [0.05, 0.1) is 13.7 Å². The highest BCUT2D eigenvalue weighted by molar-refractivity contribution is 5.88. The monoisotopic (exact) mass is 800 g/mol. The molecule has 0 aliphatic carbocycles. The third kappa shape index (κ3) is 8.47. The van der Waals surface area contributed by atoms with Crippen molar-refractivity contribution in [3.8, 4) is 45.8 Å². The lowest BCUT2D eigenvalue weighted by atomic mass is 9.97. The molecular formula is C38H40O19. The highest BCUT2D eigenvalue weighted by Gasteiger charge is 2.52. The van der Waals surface area contributed by atoms with Gasteiger partial charge in [-0.05, 0) is 66.6 Å². The lowest BCUT2D eigenvalue weighted by molar-refractivity contribution is -0.358. The predicted octanol–water partition coefficient (Wildman–Crippen LogP) is -0.133. The first-order valence-corrected chi connectivity index (χ1v) is 17.3. The van der Waals surface area contributed by atoms with Gasteiger partial charge < -0.3 is 83.9 Å². The number of aliphatic hydroxyl groups is 6. The van der Waals surface area contributed by atoms with Crippen LogP contribution < -0.4 is 14.9 Å². The molecule has 0 radical (unpaired) electrons. The quantitative estimate of drug-likeness (QED) is 0.0536. The summed E-state index contributed by atoms with van der Waals surface area (Å²) in [6, 6.07) is 10.4. The second-order valence-electron chi connectivity index (χ2n) is 13.3. The molecule has 2 fully saturated rings. The summed E-state index contributed by atoms with van der Waals surface area (Å²) in [5.74, 6) is -3.59. The number of methoxy groups -OCH3 is 1. The molecule has 3 heterocycles. The highest BCUT2D eigenvalue weighted by atomic mass is 16.8. The third-order valence-electron chi connectivity index (χ3n) is 9.34. The van der Waals surface area contributed by atoms with E-state index in [-0.39, 0.29) is 33.8 Å². The first-order chi connectivity index (χ1) is 27.1. The maximum atomic E-state index is 14.0. The zero-order valence-corrected chi connectivity index (χ0v) is 30.1. The Morgan fingerprint density at radius 3 is 2.19 bits per heavy atom. The molecule has 57 heavy (non-hydrogen) atoms. The minimum atomic E-state index is -2.04. The number of carbonyl (C=O) groups excluding carboxylic acids is 1. The summed E-state index contributed by atoms with van der Waals surface area (Å²) in [6.07, 6.45) is -16.4. The number of ether oxygens (including phenoxy) is 6. The maximum Gasteiger partial charge on any atom is 0.330 e. The van der Waals surface area contributed by atoms with E-state index in [1.807, 2.05) is 0 Å². The summed E-state index contributed by atoms with van der Waals surface area (Å²) in [7, 11) is 1.34. The average molecular weight is 801 g/mol. The maximum absolute atomic E-state index is 14.0. The molecule has 19 nitrogen and oxygen atoms in total. The van der Waals surface area contributed by atoms with Gasteiger partial charge in [0.1, 0.15) is 66.1 Å². The molecule has 10 N–H and O–H groups in total. The van der Waals surface area contributed by atoms with Gasteiger partial charge in [0.15, 0.2) is 41.2 Å². The number of fused-ring (bicyclic) bond motifs is 1. The second-order valence-corrected chi connectivity index (χ2v) is 13.3. The number of rotatable bonds is 11. The molecule has 3 aromatic carbocycles. The Morgan fingerprint density at radius 2 is 1.49 bits per heavy atom. The molecule has 19 heteroatoms. The first kappa shape index (κ1) is 41.2. The molecule has 0 amide bonds. The Kier molecular flexibility index (Phi) is 12.2. The molecule has 2 aliphatic heterocycles. The van der Waals surface area contributed by atoms with Crippen molar-refractivity contribution in [2.45, 2.75) is 68.3 Å². The van der Waals surface area contributed by atoms with E-state index in [0.717, 1.165) is 18.2 Å². The largest absolute Gasteiger partial charge is 0.507 e. The van der Waals surface area contributed by atoms with Gasteiger partial charge in [-0.15, -0.1) is 0 Å². The molecule has 0 spiro atoms. The van der Waals surface area contributed by atoms with E-state index in [4.69, 9.17) is 32.8 Å². The molecule has 10 unspecified atom stereocenters. The van der Waals surface area contributed by atoms with Gasteiger partial charge in [-0.2, -0.15) is 0 Å². The van der Waals surface area contributed by atoms with E-state index in [9.17, 15) is 60.7 Å². The summed E-state index contributed by atoms with van der Waals surface area (Å²) in [5, 5.41) is 105. The number of benzene rings is 3. The van der Waals surface area contributed by atoms with E-state index in [1.165, 1.54) is 49.6 Å². The van der Waals surface area contributed by atoms with Crippen LogP contribution in [0.15, 0.2) is 63.8 Å². The molecule has 10 atom stereocenters. The smallest absolute Gasteiger partial charge is 0.330 e. The summed E-state index contributed by atoms with van der Waals surface area (Å²) < 4.78 is 39.4. The van der Waals surface area contributed by atoms with Crippen LogP contribution in [0, 0.1) is 6.92 Å². The standard InChI is InChI=1S/C38H40O19/c1-15-9-21(43)27-23(10-15)53-34(17-5-7-18(40)20(42)12-17)35(30(27)47)56-38-36(32(49)28(45)24(13-39)54-38)57-37-33(50)31(48)29(46)25(55-37)14-52-26(44)8-4-16-3-6-19(41)22(11-16)51-2/h3-12,24-25,28-29,31-33,36-43,45-46,48-50H,13-14H2,1-2H3/b8-4-. The number of hydrogen-bond donors (Lipinski definition) is 10. The van der Waals surface area contributed by atoms with Crippen LogP contribution in [0.3, 0.4) is 0 Å². The van der Waals surface area contributed by atoms with Gasteiger partial charge in [0, 0.05) is 11.6 Å². The first-order valence-electron chi connectivity index (χ1n) is 17.3. The number of aliphatic hydroxyl groups excluding tert-OH is 6. The van der Waals surface area contributed by atoms with Gasteiger partial charge >= 0.3 is 5.97 Å². The molecule has 2 saturated heterocycles. The summed E-state index contributed by atoms with van der Waals surface area (Å²) in [6.45, 7) is 0.0388. The number of phenolic OH excluding ortho intramolecular Hbond substituents is 4. The number of aryl methyl sites for hydroxylation is 1. The van der Waals surface area contributed by atoms with Crippen LogP contribution in [0.1, 0.15) is 11.1 Å². The molecule has 6 rings (SSSR count). The molecule has 4 aromatic rings. The zero-order chi connectivity index (χ0) is 41.3. The van der Waals surface area contributed by atoms with Crippen LogP contribution in [0.2, 0.25) is 0 Å². The van der Waals surface area contributed by atoms with Crippen molar-refractivity contribution in [1.29, 1.82) is 0 Å². The Hall–Kier alpha value is -5.48. The number of aromatic hydroxyl groups is 4. The highest BCUT2D eigenvalue weighted by Crippen LogP contribution is 2.39. The minimum absolute atomic E-state index is 0.0222. The van der Waals surface area contributed by atoms with Crippen molar-refractivity contribution in [1.82, 2.24) is 0 Å². The van der Waals surface area contributed by atoms with Crippen LogP contribution in [0.5, 0.6) is 34.5 Å². The van der Waals surface area contributed by atoms with E-state index >= 15 is 0 Å². The van der Waals surface area contributed by atoms with Crippen molar-refractivity contribution < 1.29 is 88.7 Å². The Balaban J connectivity index is 1.28. The van der Waals surface area contributed by atoms with Gasteiger partial charge in [0.2, 0.25) is 17.5 Å². The molecule has 2 aliphatic rings.